The topological polar surface area (TPSA) is 117 Å². The molecule has 5 amide bonds. The average Bonchev–Trinajstić information content (AvgIpc) is 3.33. The van der Waals surface area contributed by atoms with Gasteiger partial charge in [0.1, 0.15) is 6.04 Å². The van der Waals surface area contributed by atoms with Crippen LogP contribution in [-0.4, -0.2) is 54.0 Å². The molecular weight excluding hydrogens is 376 g/mol. The number of nitrogens with zero attached hydrogens (tertiary/aromatic N) is 1. The van der Waals surface area contributed by atoms with Crippen molar-refractivity contribution >= 4 is 23.8 Å². The molecule has 4 rings (SSSR count). The predicted octanol–water partition coefficient (Wildman–Crippen LogP) is 0.426. The van der Waals surface area contributed by atoms with Gasteiger partial charge in [0.05, 0.1) is 6.10 Å². The largest absolute Gasteiger partial charge is 0.376 e. The molecule has 29 heavy (non-hydrogen) atoms. The lowest BCUT2D eigenvalue weighted by Gasteiger charge is -2.29. The van der Waals surface area contributed by atoms with E-state index in [2.05, 4.69) is 16.0 Å². The molecule has 3 heterocycles. The van der Waals surface area contributed by atoms with E-state index in [1.54, 1.807) is 6.07 Å². The summed E-state index contributed by atoms with van der Waals surface area (Å²) in [6.45, 7) is 1.86. The fourth-order valence-electron chi connectivity index (χ4n) is 3.97. The van der Waals surface area contributed by atoms with E-state index in [9.17, 15) is 19.2 Å². The van der Waals surface area contributed by atoms with Crippen LogP contribution in [0.1, 0.15) is 47.2 Å². The van der Waals surface area contributed by atoms with E-state index in [1.807, 2.05) is 12.1 Å². The Kier molecular flexibility index (Phi) is 5.48. The molecule has 9 heteroatoms. The van der Waals surface area contributed by atoms with Gasteiger partial charge in [0, 0.05) is 38.2 Å². The zero-order chi connectivity index (χ0) is 20.4. The molecule has 0 aromatic heterocycles. The summed E-state index contributed by atoms with van der Waals surface area (Å²) in [7, 11) is 0. The van der Waals surface area contributed by atoms with Gasteiger partial charge in [0.2, 0.25) is 11.8 Å². The van der Waals surface area contributed by atoms with E-state index in [0.717, 1.165) is 30.6 Å². The standard InChI is InChI=1S/C20H24N4O5/c25-17-6-5-16(18(26)23-17)24-11-13-4-3-12(8-15(13)19(24)27)9-21-20(28)22-10-14-2-1-7-29-14/h3-4,8,14,16H,1-2,5-7,9-11H2,(H2,21,22,28)(H,23,25,26)/t14-,16?/m0/s1. The van der Waals surface area contributed by atoms with E-state index < -0.39 is 11.9 Å². The average molecular weight is 400 g/mol. The number of carbonyl (C=O) groups is 4. The van der Waals surface area contributed by atoms with Crippen molar-refractivity contribution < 1.29 is 23.9 Å². The lowest BCUT2D eigenvalue weighted by Crippen LogP contribution is -2.52. The molecule has 2 saturated heterocycles. The molecule has 1 aromatic rings. The molecular formula is C20H24N4O5. The summed E-state index contributed by atoms with van der Waals surface area (Å²) in [5.74, 6) is -0.951. The minimum atomic E-state index is -0.627. The van der Waals surface area contributed by atoms with Crippen molar-refractivity contribution in [3.63, 3.8) is 0 Å². The highest BCUT2D eigenvalue weighted by Crippen LogP contribution is 2.28. The number of carbonyl (C=O) groups excluding carboxylic acids is 4. The Labute approximate surface area is 168 Å². The van der Waals surface area contributed by atoms with Gasteiger partial charge in [0.15, 0.2) is 0 Å². The van der Waals surface area contributed by atoms with Crippen LogP contribution in [-0.2, 0) is 27.4 Å². The molecule has 3 aliphatic rings. The third kappa shape index (κ3) is 4.24. The normalized spacial score (nSPS) is 23.7. The van der Waals surface area contributed by atoms with Gasteiger partial charge in [-0.25, -0.2) is 4.79 Å². The number of hydrogen-bond acceptors (Lipinski definition) is 5. The summed E-state index contributed by atoms with van der Waals surface area (Å²) in [6, 6.07) is 4.56. The van der Waals surface area contributed by atoms with Crippen LogP contribution in [0.15, 0.2) is 18.2 Å². The van der Waals surface area contributed by atoms with Crippen LogP contribution in [0.4, 0.5) is 4.79 Å². The van der Waals surface area contributed by atoms with Crippen LogP contribution in [0.5, 0.6) is 0 Å². The Balaban J connectivity index is 1.33. The van der Waals surface area contributed by atoms with Crippen LogP contribution < -0.4 is 16.0 Å². The van der Waals surface area contributed by atoms with E-state index in [-0.39, 0.29) is 36.9 Å². The summed E-state index contributed by atoms with van der Waals surface area (Å²) < 4.78 is 5.47. The number of imide groups is 1. The van der Waals surface area contributed by atoms with Crippen LogP contribution in [0.25, 0.3) is 0 Å². The number of urea groups is 1. The maximum absolute atomic E-state index is 12.8. The molecule has 2 fully saturated rings. The number of rotatable bonds is 5. The van der Waals surface area contributed by atoms with E-state index in [0.29, 0.717) is 25.1 Å². The second-order valence-corrected chi connectivity index (χ2v) is 7.59. The van der Waals surface area contributed by atoms with Gasteiger partial charge in [-0.1, -0.05) is 12.1 Å². The van der Waals surface area contributed by atoms with Crippen LogP contribution in [0.3, 0.4) is 0 Å². The molecule has 154 valence electrons. The highest BCUT2D eigenvalue weighted by molar-refractivity contribution is 6.05. The zero-order valence-electron chi connectivity index (χ0n) is 16.0. The number of hydrogen-bond donors (Lipinski definition) is 3. The first kappa shape index (κ1) is 19.4. The number of amides is 5. The molecule has 0 spiro atoms. The summed E-state index contributed by atoms with van der Waals surface area (Å²) in [5.41, 5.74) is 2.18. The summed E-state index contributed by atoms with van der Waals surface area (Å²) >= 11 is 0. The highest BCUT2D eigenvalue weighted by Gasteiger charge is 2.39. The van der Waals surface area contributed by atoms with Gasteiger partial charge in [-0.15, -0.1) is 0 Å². The Morgan fingerprint density at radius 3 is 2.83 bits per heavy atom. The van der Waals surface area contributed by atoms with Gasteiger partial charge < -0.3 is 20.3 Å². The van der Waals surface area contributed by atoms with Crippen molar-refractivity contribution in [3.05, 3.63) is 34.9 Å². The summed E-state index contributed by atoms with van der Waals surface area (Å²) in [4.78, 5) is 49.7. The second kappa shape index (κ2) is 8.20. The van der Waals surface area contributed by atoms with E-state index in [1.165, 1.54) is 4.90 Å². The molecule has 3 aliphatic heterocycles. The van der Waals surface area contributed by atoms with Crippen molar-refractivity contribution in [2.24, 2.45) is 0 Å². The molecule has 9 nitrogen and oxygen atoms in total. The molecule has 0 bridgehead atoms. The molecule has 3 N–H and O–H groups in total. The second-order valence-electron chi connectivity index (χ2n) is 7.59. The minimum Gasteiger partial charge on any atom is -0.376 e. The van der Waals surface area contributed by atoms with Gasteiger partial charge >= 0.3 is 6.03 Å². The first-order valence-electron chi connectivity index (χ1n) is 9.91. The minimum absolute atomic E-state index is 0.0802. The predicted molar refractivity (Wildman–Crippen MR) is 102 cm³/mol. The molecule has 1 unspecified atom stereocenters. The van der Waals surface area contributed by atoms with Gasteiger partial charge in [0.25, 0.3) is 5.91 Å². The van der Waals surface area contributed by atoms with E-state index in [4.69, 9.17) is 4.74 Å². The van der Waals surface area contributed by atoms with Crippen molar-refractivity contribution in [1.29, 1.82) is 0 Å². The number of fused-ring (bicyclic) bond motifs is 1. The number of nitrogens with one attached hydrogen (secondary N) is 3. The maximum Gasteiger partial charge on any atom is 0.315 e. The summed E-state index contributed by atoms with van der Waals surface area (Å²) in [5, 5.41) is 7.87. The van der Waals surface area contributed by atoms with Gasteiger partial charge in [-0.2, -0.15) is 0 Å². The first-order chi connectivity index (χ1) is 14.0. The van der Waals surface area contributed by atoms with Gasteiger partial charge in [-0.3, -0.25) is 19.7 Å². The lowest BCUT2D eigenvalue weighted by molar-refractivity contribution is -0.136. The Bertz CT molecular complexity index is 849. The van der Waals surface area contributed by atoms with Crippen molar-refractivity contribution in [2.45, 2.75) is 50.9 Å². The Morgan fingerprint density at radius 2 is 2.07 bits per heavy atom. The molecule has 2 atom stereocenters. The smallest absolute Gasteiger partial charge is 0.315 e. The Hall–Kier alpha value is -2.94. The van der Waals surface area contributed by atoms with E-state index >= 15 is 0 Å². The van der Waals surface area contributed by atoms with Crippen LogP contribution in [0, 0.1) is 0 Å². The maximum atomic E-state index is 12.8. The zero-order valence-corrected chi connectivity index (χ0v) is 16.0. The molecule has 0 saturated carbocycles. The van der Waals surface area contributed by atoms with Gasteiger partial charge in [-0.05, 0) is 36.5 Å². The fourth-order valence-corrected chi connectivity index (χ4v) is 3.97. The third-order valence-electron chi connectivity index (χ3n) is 5.56. The van der Waals surface area contributed by atoms with Crippen molar-refractivity contribution in [3.8, 4) is 0 Å². The molecule has 0 radical (unpaired) electrons. The van der Waals surface area contributed by atoms with Crippen molar-refractivity contribution in [1.82, 2.24) is 20.9 Å². The monoisotopic (exact) mass is 400 g/mol. The Morgan fingerprint density at radius 1 is 1.21 bits per heavy atom. The van der Waals surface area contributed by atoms with Crippen LogP contribution >= 0.6 is 0 Å². The first-order valence-corrected chi connectivity index (χ1v) is 9.91. The number of benzene rings is 1. The molecule has 1 aromatic carbocycles. The summed E-state index contributed by atoms with van der Waals surface area (Å²) in [6.07, 6.45) is 2.62. The van der Waals surface area contributed by atoms with Crippen molar-refractivity contribution in [2.75, 3.05) is 13.2 Å². The fraction of sp³-hybridized carbons (Fsp3) is 0.500. The molecule has 0 aliphatic carbocycles. The number of piperidine rings is 1. The number of ether oxygens (including phenoxy) is 1. The third-order valence-corrected chi connectivity index (χ3v) is 5.56. The quantitative estimate of drug-likeness (QED) is 0.620. The SMILES string of the molecule is O=C1CCC(N2Cc3ccc(CNC(=O)NC[C@@H]4CCCO4)cc3C2=O)C(=O)N1. The van der Waals surface area contributed by atoms with Crippen LogP contribution in [0.2, 0.25) is 0 Å². The lowest BCUT2D eigenvalue weighted by atomic mass is 10.0. The highest BCUT2D eigenvalue weighted by atomic mass is 16.5.